The molecule has 2 aliphatic carbocycles. The number of hydrogen-bond donors (Lipinski definition) is 3. The van der Waals surface area contributed by atoms with Crippen LogP contribution in [0.15, 0.2) is 34.9 Å². The highest BCUT2D eigenvalue weighted by Crippen LogP contribution is 2.41. The Hall–Kier alpha value is -2.17. The normalized spacial score (nSPS) is 25.8. The predicted molar refractivity (Wildman–Crippen MR) is 118 cm³/mol. The molecule has 0 radical (unpaired) electrons. The summed E-state index contributed by atoms with van der Waals surface area (Å²) in [5, 5.41) is 16.1. The Morgan fingerprint density at radius 3 is 2.66 bits per heavy atom. The van der Waals surface area contributed by atoms with Gasteiger partial charge in [-0.3, -0.25) is 0 Å². The molecule has 4 atom stereocenters. The summed E-state index contributed by atoms with van der Waals surface area (Å²) in [4.78, 5) is 8.85. The monoisotopic (exact) mass is 454 g/mol. The van der Waals surface area contributed by atoms with Gasteiger partial charge >= 0.3 is 0 Å². The number of nitriles is 1. The number of benzene rings is 1. The van der Waals surface area contributed by atoms with Gasteiger partial charge < -0.3 is 16.4 Å². The van der Waals surface area contributed by atoms with Gasteiger partial charge in [0.05, 0.1) is 6.20 Å². The molecule has 2 fully saturated rings. The van der Waals surface area contributed by atoms with Crippen molar-refractivity contribution >= 4 is 27.7 Å². The highest BCUT2D eigenvalue weighted by molar-refractivity contribution is 9.10. The molecule has 4 rings (SSSR count). The molecule has 0 amide bonds. The van der Waals surface area contributed by atoms with Gasteiger partial charge in [-0.25, -0.2) is 4.98 Å². The summed E-state index contributed by atoms with van der Waals surface area (Å²) in [5.74, 6) is 3.01. The highest BCUT2D eigenvalue weighted by atomic mass is 79.9. The Bertz CT molecular complexity index is 881. The van der Waals surface area contributed by atoms with Crippen LogP contribution in [0.25, 0.3) is 0 Å². The van der Waals surface area contributed by atoms with Gasteiger partial charge in [-0.15, -0.1) is 0 Å². The molecule has 2 saturated carbocycles. The van der Waals surface area contributed by atoms with Crippen LogP contribution in [0.4, 0.5) is 11.8 Å². The minimum atomic E-state index is 0.377. The number of rotatable bonds is 6. The lowest BCUT2D eigenvalue weighted by Crippen LogP contribution is -2.47. The topological polar surface area (TPSA) is 99.6 Å². The molecule has 0 saturated heterocycles. The Morgan fingerprint density at radius 1 is 1.17 bits per heavy atom. The Kier molecular flexibility index (Phi) is 6.31. The van der Waals surface area contributed by atoms with Crippen LogP contribution in [0.1, 0.15) is 43.2 Å². The van der Waals surface area contributed by atoms with E-state index in [1.54, 1.807) is 6.20 Å². The Balaban J connectivity index is 1.40. The number of nitrogens with one attached hydrogen (secondary N) is 2. The summed E-state index contributed by atoms with van der Waals surface area (Å²) in [7, 11) is 0. The average molecular weight is 455 g/mol. The number of aromatic nitrogens is 2. The molecule has 2 bridgehead atoms. The summed E-state index contributed by atoms with van der Waals surface area (Å²) in [5.41, 5.74) is 8.02. The molecule has 29 heavy (non-hydrogen) atoms. The maximum absolute atomic E-state index is 9.44. The molecule has 0 spiro atoms. The van der Waals surface area contributed by atoms with Crippen molar-refractivity contribution in [1.29, 1.82) is 5.26 Å². The van der Waals surface area contributed by atoms with E-state index >= 15 is 0 Å². The second kappa shape index (κ2) is 9.10. The van der Waals surface area contributed by atoms with Crippen molar-refractivity contribution in [2.75, 3.05) is 17.2 Å². The maximum atomic E-state index is 9.44. The lowest BCUT2D eigenvalue weighted by atomic mass is 9.65. The van der Waals surface area contributed by atoms with Gasteiger partial charge in [-0.05, 0) is 55.1 Å². The first-order valence-corrected chi connectivity index (χ1v) is 11.2. The minimum absolute atomic E-state index is 0.377. The van der Waals surface area contributed by atoms with E-state index in [2.05, 4.69) is 42.6 Å². The fourth-order valence-corrected chi connectivity index (χ4v) is 5.25. The summed E-state index contributed by atoms with van der Waals surface area (Å²) >= 11 is 3.56. The van der Waals surface area contributed by atoms with Gasteiger partial charge in [0.1, 0.15) is 17.5 Å². The summed E-state index contributed by atoms with van der Waals surface area (Å²) < 4.78 is 1.04. The number of nitrogens with two attached hydrogens (primary N) is 1. The molecule has 2 aromatic rings. The maximum Gasteiger partial charge on any atom is 0.224 e. The minimum Gasteiger partial charge on any atom is -0.369 e. The van der Waals surface area contributed by atoms with Crippen LogP contribution in [-0.4, -0.2) is 22.6 Å². The van der Waals surface area contributed by atoms with E-state index in [4.69, 9.17) is 5.73 Å². The Morgan fingerprint density at radius 2 is 1.93 bits per heavy atom. The molecular weight excluding hydrogens is 428 g/mol. The van der Waals surface area contributed by atoms with Crippen molar-refractivity contribution in [1.82, 2.24) is 9.97 Å². The van der Waals surface area contributed by atoms with Crippen molar-refractivity contribution in [2.24, 2.45) is 23.5 Å². The van der Waals surface area contributed by atoms with E-state index in [0.29, 0.717) is 47.7 Å². The van der Waals surface area contributed by atoms with Crippen LogP contribution in [0.5, 0.6) is 0 Å². The first-order chi connectivity index (χ1) is 14.1. The fourth-order valence-electron chi connectivity index (χ4n) is 4.82. The second-order valence-corrected chi connectivity index (χ2v) is 9.11. The van der Waals surface area contributed by atoms with Crippen molar-refractivity contribution in [3.05, 3.63) is 46.1 Å². The molecule has 7 heteroatoms. The van der Waals surface area contributed by atoms with Crippen LogP contribution in [0, 0.1) is 29.1 Å². The van der Waals surface area contributed by atoms with E-state index in [-0.39, 0.29) is 0 Å². The molecule has 6 nitrogen and oxygen atoms in total. The van der Waals surface area contributed by atoms with Gasteiger partial charge in [0, 0.05) is 23.6 Å². The van der Waals surface area contributed by atoms with Crippen LogP contribution in [0.3, 0.4) is 0 Å². The lowest BCUT2D eigenvalue weighted by Gasteiger charge is -2.44. The standard InChI is InChI=1S/C22H27BrN6/c23-19-7-2-1-4-17(19)12-27-22-28-13-18(10-24)21(29-22)26-11-14-8-15-5-3-6-16(9-14)20(15)25/h1-2,4,7,13-16,20H,3,5-6,8-9,11-12,25H2,(H2,26,27,28,29)/t14?,15-,16+,20?. The van der Waals surface area contributed by atoms with E-state index in [1.807, 2.05) is 24.3 Å². The number of fused-ring (bicyclic) bond motifs is 2. The molecule has 0 aliphatic heterocycles. The molecule has 2 unspecified atom stereocenters. The smallest absolute Gasteiger partial charge is 0.224 e. The molecule has 1 heterocycles. The second-order valence-electron chi connectivity index (χ2n) is 8.26. The van der Waals surface area contributed by atoms with Crippen molar-refractivity contribution in [2.45, 2.75) is 44.7 Å². The number of anilines is 2. The van der Waals surface area contributed by atoms with Gasteiger partial charge in [0.25, 0.3) is 0 Å². The van der Waals surface area contributed by atoms with Crippen molar-refractivity contribution in [3.63, 3.8) is 0 Å². The molecule has 1 aromatic carbocycles. The third kappa shape index (κ3) is 4.71. The average Bonchev–Trinajstić information content (AvgIpc) is 2.72. The third-order valence-corrected chi connectivity index (χ3v) is 7.15. The molecule has 152 valence electrons. The van der Waals surface area contributed by atoms with Gasteiger partial charge in [0.15, 0.2) is 0 Å². The zero-order valence-corrected chi connectivity index (χ0v) is 18.0. The van der Waals surface area contributed by atoms with Crippen LogP contribution in [-0.2, 0) is 6.54 Å². The van der Waals surface area contributed by atoms with Crippen LogP contribution >= 0.6 is 15.9 Å². The number of halogens is 1. The SMILES string of the molecule is N#Cc1cnc(NCc2ccccc2Br)nc1NCC1C[C@H]2CCC[C@@H](C1)C2N. The summed E-state index contributed by atoms with van der Waals surface area (Å²) in [6.45, 7) is 1.44. The summed E-state index contributed by atoms with van der Waals surface area (Å²) in [6.07, 6.45) is 7.77. The lowest BCUT2D eigenvalue weighted by molar-refractivity contribution is 0.112. The predicted octanol–water partition coefficient (Wildman–Crippen LogP) is 4.29. The van der Waals surface area contributed by atoms with E-state index in [1.165, 1.54) is 32.1 Å². The van der Waals surface area contributed by atoms with Crippen LogP contribution < -0.4 is 16.4 Å². The largest absolute Gasteiger partial charge is 0.369 e. The van der Waals surface area contributed by atoms with Gasteiger partial charge in [0.2, 0.25) is 5.95 Å². The molecule has 4 N–H and O–H groups in total. The molecule has 2 aliphatic rings. The van der Waals surface area contributed by atoms with E-state index < -0.39 is 0 Å². The molecule has 1 aromatic heterocycles. The fraction of sp³-hybridized carbons (Fsp3) is 0.500. The zero-order chi connectivity index (χ0) is 20.2. The third-order valence-electron chi connectivity index (χ3n) is 6.37. The first kappa shape index (κ1) is 20.1. The Labute approximate surface area is 180 Å². The number of hydrogen-bond acceptors (Lipinski definition) is 6. The summed E-state index contributed by atoms with van der Waals surface area (Å²) in [6, 6.07) is 10.6. The van der Waals surface area contributed by atoms with Gasteiger partial charge in [-0.1, -0.05) is 40.5 Å². The molecular formula is C22H27BrN6. The van der Waals surface area contributed by atoms with Crippen molar-refractivity contribution in [3.8, 4) is 6.07 Å². The van der Waals surface area contributed by atoms with Gasteiger partial charge in [-0.2, -0.15) is 10.2 Å². The number of nitrogens with zero attached hydrogens (tertiary/aromatic N) is 3. The van der Waals surface area contributed by atoms with Crippen molar-refractivity contribution < 1.29 is 0 Å². The zero-order valence-electron chi connectivity index (χ0n) is 16.4. The highest BCUT2D eigenvalue weighted by Gasteiger charge is 2.37. The first-order valence-electron chi connectivity index (χ1n) is 10.4. The quantitative estimate of drug-likeness (QED) is 0.601. The van der Waals surface area contributed by atoms with Crippen LogP contribution in [0.2, 0.25) is 0 Å². The van der Waals surface area contributed by atoms with E-state index in [9.17, 15) is 5.26 Å². The van der Waals surface area contributed by atoms with E-state index in [0.717, 1.165) is 16.6 Å².